The summed E-state index contributed by atoms with van der Waals surface area (Å²) in [5.41, 5.74) is 3.37. The molecule has 5 rings (SSSR count). The first kappa shape index (κ1) is 24.3. The van der Waals surface area contributed by atoms with Gasteiger partial charge in [0.05, 0.1) is 6.61 Å². The topological polar surface area (TPSA) is 49.9 Å². The van der Waals surface area contributed by atoms with Crippen molar-refractivity contribution in [2.75, 3.05) is 37.7 Å². The molecule has 2 aliphatic rings. The molecule has 0 N–H and O–H groups in total. The number of ether oxygens (including phenoxy) is 1. The highest BCUT2D eigenvalue weighted by molar-refractivity contribution is 6.12. The molecule has 0 bridgehead atoms. The molecule has 186 valence electrons. The molecular weight excluding hydrogens is 448 g/mol. The van der Waals surface area contributed by atoms with Gasteiger partial charge < -0.3 is 9.64 Å². The van der Waals surface area contributed by atoms with Crippen LogP contribution in [0.4, 0.5) is 5.69 Å². The molecule has 1 fully saturated rings. The van der Waals surface area contributed by atoms with Crippen LogP contribution in [0.25, 0.3) is 0 Å². The maximum absolute atomic E-state index is 14.2. The molecule has 1 unspecified atom stereocenters. The molecule has 5 heteroatoms. The molecule has 2 aliphatic heterocycles. The minimum absolute atomic E-state index is 0.0397. The number of hydrogen-bond acceptors (Lipinski definition) is 4. The van der Waals surface area contributed by atoms with Gasteiger partial charge in [0, 0.05) is 5.69 Å². The van der Waals surface area contributed by atoms with Crippen LogP contribution in [0.5, 0.6) is 0 Å². The van der Waals surface area contributed by atoms with Gasteiger partial charge in [0.25, 0.3) is 0 Å². The van der Waals surface area contributed by atoms with Crippen LogP contribution in [0.1, 0.15) is 48.8 Å². The second kappa shape index (κ2) is 10.7. The predicted molar refractivity (Wildman–Crippen MR) is 142 cm³/mol. The maximum Gasteiger partial charge on any atom is 0.326 e. The number of nitrogens with zero attached hydrogens (tertiary/aromatic N) is 2. The molecule has 1 atom stereocenters. The Balaban J connectivity index is 1.40. The average Bonchev–Trinajstić information content (AvgIpc) is 3.17. The van der Waals surface area contributed by atoms with Gasteiger partial charge >= 0.3 is 5.97 Å². The van der Waals surface area contributed by atoms with Crippen LogP contribution in [0, 0.1) is 0 Å². The van der Waals surface area contributed by atoms with Crippen molar-refractivity contribution in [1.29, 1.82) is 0 Å². The van der Waals surface area contributed by atoms with Crippen LogP contribution >= 0.6 is 0 Å². The summed E-state index contributed by atoms with van der Waals surface area (Å²) in [6.07, 6.45) is 2.92. The number of anilines is 1. The van der Waals surface area contributed by atoms with Crippen LogP contribution < -0.4 is 4.90 Å². The summed E-state index contributed by atoms with van der Waals surface area (Å²) in [6.45, 7) is 4.88. The summed E-state index contributed by atoms with van der Waals surface area (Å²) < 4.78 is 5.20. The Hall–Kier alpha value is -3.44. The smallest absolute Gasteiger partial charge is 0.326 e. The zero-order valence-electron chi connectivity index (χ0n) is 20.9. The molecule has 1 saturated heterocycles. The Morgan fingerprint density at radius 3 is 2.25 bits per heavy atom. The van der Waals surface area contributed by atoms with Gasteiger partial charge in [-0.25, -0.2) is 0 Å². The summed E-state index contributed by atoms with van der Waals surface area (Å²) in [5, 5.41) is 0. The fraction of sp³-hybridized carbons (Fsp3) is 0.355. The number of amides is 1. The molecule has 2 heterocycles. The van der Waals surface area contributed by atoms with Gasteiger partial charge in [0.1, 0.15) is 12.0 Å². The monoisotopic (exact) mass is 482 g/mol. The van der Waals surface area contributed by atoms with Gasteiger partial charge in [0.2, 0.25) is 5.91 Å². The van der Waals surface area contributed by atoms with Gasteiger partial charge in [-0.2, -0.15) is 0 Å². The third-order valence-corrected chi connectivity index (χ3v) is 7.79. The number of likely N-dealkylation sites (tertiary alicyclic amines) is 1. The number of carbonyl (C=O) groups excluding carboxylic acids is 2. The Bertz CT molecular complexity index is 1190. The van der Waals surface area contributed by atoms with Crippen LogP contribution in [0.15, 0.2) is 84.9 Å². The summed E-state index contributed by atoms with van der Waals surface area (Å²) >= 11 is 0. The van der Waals surface area contributed by atoms with E-state index in [1.165, 1.54) is 5.56 Å². The van der Waals surface area contributed by atoms with Gasteiger partial charge in [-0.3, -0.25) is 14.5 Å². The Morgan fingerprint density at radius 2 is 1.56 bits per heavy atom. The van der Waals surface area contributed by atoms with Crippen molar-refractivity contribution in [2.24, 2.45) is 0 Å². The van der Waals surface area contributed by atoms with Gasteiger partial charge in [0.15, 0.2) is 0 Å². The molecule has 5 nitrogen and oxygen atoms in total. The molecule has 1 amide bonds. The summed E-state index contributed by atoms with van der Waals surface area (Å²) in [6, 6.07) is 28.8. The zero-order valence-corrected chi connectivity index (χ0v) is 20.9. The normalized spacial score (nSPS) is 20.4. The van der Waals surface area contributed by atoms with Crippen molar-refractivity contribution in [3.05, 3.63) is 102 Å². The number of piperidine rings is 1. The van der Waals surface area contributed by atoms with E-state index in [1.54, 1.807) is 11.8 Å². The van der Waals surface area contributed by atoms with E-state index < -0.39 is 5.41 Å². The first-order chi connectivity index (χ1) is 17.6. The van der Waals surface area contributed by atoms with E-state index >= 15 is 0 Å². The number of fused-ring (bicyclic) bond motifs is 1. The highest BCUT2D eigenvalue weighted by Gasteiger charge is 2.52. The first-order valence-corrected chi connectivity index (χ1v) is 13.0. The summed E-state index contributed by atoms with van der Waals surface area (Å²) in [7, 11) is 0. The molecule has 3 aromatic rings. The maximum atomic E-state index is 14.2. The number of hydrogen-bond donors (Lipinski definition) is 0. The Kier molecular flexibility index (Phi) is 7.19. The summed E-state index contributed by atoms with van der Waals surface area (Å²) in [4.78, 5) is 30.8. The van der Waals surface area contributed by atoms with E-state index in [1.807, 2.05) is 54.6 Å². The van der Waals surface area contributed by atoms with Crippen molar-refractivity contribution >= 4 is 17.6 Å². The van der Waals surface area contributed by atoms with Crippen LogP contribution in [-0.2, 0) is 19.7 Å². The lowest BCUT2D eigenvalue weighted by atomic mass is 9.72. The van der Waals surface area contributed by atoms with Crippen molar-refractivity contribution < 1.29 is 14.3 Å². The van der Waals surface area contributed by atoms with Crippen LogP contribution in [-0.4, -0.2) is 49.6 Å². The molecule has 3 aromatic carbocycles. The van der Waals surface area contributed by atoms with Crippen molar-refractivity contribution in [1.82, 2.24) is 4.90 Å². The zero-order chi connectivity index (χ0) is 25.0. The molecule has 0 radical (unpaired) electrons. The fourth-order valence-corrected chi connectivity index (χ4v) is 5.95. The highest BCUT2D eigenvalue weighted by atomic mass is 16.5. The largest absolute Gasteiger partial charge is 0.465 e. The molecule has 0 spiro atoms. The SMILES string of the molecule is CCOC(=O)CN1C(=O)C(CCN2CCC(c3ccccc3)CC2)(c2ccccc2)c2ccccc21. The van der Waals surface area contributed by atoms with E-state index in [2.05, 4.69) is 35.2 Å². The predicted octanol–water partition coefficient (Wildman–Crippen LogP) is 5.15. The van der Waals surface area contributed by atoms with E-state index in [0.29, 0.717) is 18.9 Å². The van der Waals surface area contributed by atoms with Gasteiger partial charge in [-0.15, -0.1) is 0 Å². The lowest BCUT2D eigenvalue weighted by molar-refractivity contribution is -0.142. The highest BCUT2D eigenvalue weighted by Crippen LogP contribution is 2.48. The number of benzene rings is 3. The first-order valence-electron chi connectivity index (χ1n) is 13.0. The number of rotatable bonds is 8. The second-order valence-electron chi connectivity index (χ2n) is 9.76. The minimum Gasteiger partial charge on any atom is -0.465 e. The van der Waals surface area contributed by atoms with Gasteiger partial charge in [-0.05, 0) is 74.5 Å². The lowest BCUT2D eigenvalue weighted by Crippen LogP contribution is -2.46. The average molecular weight is 483 g/mol. The van der Waals surface area contributed by atoms with E-state index in [0.717, 1.165) is 49.3 Å². The van der Waals surface area contributed by atoms with E-state index in [-0.39, 0.29) is 18.4 Å². The molecule has 0 aliphatic carbocycles. The fourth-order valence-electron chi connectivity index (χ4n) is 5.95. The molecular formula is C31H34N2O3. The minimum atomic E-state index is -0.819. The third kappa shape index (κ3) is 4.56. The number of esters is 1. The Labute approximate surface area is 213 Å². The quantitative estimate of drug-likeness (QED) is 0.417. The standard InChI is InChI=1S/C31H34N2O3/c1-2-36-29(34)23-33-28-16-10-9-15-27(28)31(30(33)35,26-13-7-4-8-14-26)19-22-32-20-17-25(18-21-32)24-11-5-3-6-12-24/h3-16,25H,2,17-23H2,1H3. The van der Waals surface area contributed by atoms with Crippen molar-refractivity contribution in [3.63, 3.8) is 0 Å². The second-order valence-corrected chi connectivity index (χ2v) is 9.76. The Morgan fingerprint density at radius 1 is 0.917 bits per heavy atom. The van der Waals surface area contributed by atoms with Crippen molar-refractivity contribution in [2.45, 2.75) is 37.5 Å². The summed E-state index contributed by atoms with van der Waals surface area (Å²) in [5.74, 6) is 0.175. The van der Waals surface area contributed by atoms with E-state index in [4.69, 9.17) is 4.74 Å². The molecule has 0 aromatic heterocycles. The third-order valence-electron chi connectivity index (χ3n) is 7.79. The van der Waals surface area contributed by atoms with Crippen LogP contribution in [0.2, 0.25) is 0 Å². The van der Waals surface area contributed by atoms with E-state index in [9.17, 15) is 9.59 Å². The van der Waals surface area contributed by atoms with Crippen molar-refractivity contribution in [3.8, 4) is 0 Å². The molecule has 0 saturated carbocycles. The lowest BCUT2D eigenvalue weighted by Gasteiger charge is -2.36. The van der Waals surface area contributed by atoms with Gasteiger partial charge in [-0.1, -0.05) is 78.9 Å². The molecule has 36 heavy (non-hydrogen) atoms. The van der Waals surface area contributed by atoms with Crippen LogP contribution in [0.3, 0.4) is 0 Å². The number of para-hydroxylation sites is 1. The number of carbonyl (C=O) groups is 2.